The van der Waals surface area contributed by atoms with Crippen molar-refractivity contribution in [1.29, 1.82) is 0 Å². The Bertz CT molecular complexity index is 202. The van der Waals surface area contributed by atoms with Crippen molar-refractivity contribution in [1.82, 2.24) is 0 Å². The first-order valence-electron chi connectivity index (χ1n) is 3.47. The summed E-state index contributed by atoms with van der Waals surface area (Å²) in [6, 6.07) is 0. The molecular formula is C6H10O8. The Balaban J connectivity index is 4.45. The normalized spacial score (nSPS) is 19.4. The van der Waals surface area contributed by atoms with Crippen molar-refractivity contribution >= 4 is 11.9 Å². The predicted octanol–water partition coefficient (Wildman–Crippen LogP) is -3.40. The zero-order valence-corrected chi connectivity index (χ0v) is 6.81. The Morgan fingerprint density at radius 2 is 0.929 bits per heavy atom. The molecule has 4 atom stereocenters. The van der Waals surface area contributed by atoms with Crippen LogP contribution in [0.5, 0.6) is 0 Å². The lowest BCUT2D eigenvalue weighted by molar-refractivity contribution is -0.172. The summed E-state index contributed by atoms with van der Waals surface area (Å²) in [6.45, 7) is 0. The van der Waals surface area contributed by atoms with Gasteiger partial charge in [0.25, 0.3) is 0 Å². The first kappa shape index (κ1) is 12.8. The van der Waals surface area contributed by atoms with Crippen LogP contribution in [-0.2, 0) is 9.59 Å². The molecule has 0 aromatic rings. The Kier molecular flexibility index (Phi) is 4.44. The maximum Gasteiger partial charge on any atom is 0.335 e. The van der Waals surface area contributed by atoms with Gasteiger partial charge in [-0.3, -0.25) is 0 Å². The second-order valence-electron chi connectivity index (χ2n) is 2.55. The van der Waals surface area contributed by atoms with Crippen molar-refractivity contribution in [2.75, 3.05) is 0 Å². The first-order valence-corrected chi connectivity index (χ1v) is 3.47. The molecule has 14 heavy (non-hydrogen) atoms. The van der Waals surface area contributed by atoms with Crippen LogP contribution in [-0.4, -0.2) is 67.0 Å². The molecule has 0 saturated carbocycles. The third kappa shape index (κ3) is 2.92. The van der Waals surface area contributed by atoms with E-state index < -0.39 is 36.4 Å². The predicted molar refractivity (Wildman–Crippen MR) is 39.3 cm³/mol. The van der Waals surface area contributed by atoms with E-state index in [9.17, 15) is 9.59 Å². The fourth-order valence-corrected chi connectivity index (χ4v) is 0.666. The molecule has 0 aromatic heterocycles. The number of carboxylic acid groups (broad SMARTS) is 2. The van der Waals surface area contributed by atoms with E-state index in [1.165, 1.54) is 0 Å². The van der Waals surface area contributed by atoms with E-state index in [1.807, 2.05) is 0 Å². The zero-order valence-electron chi connectivity index (χ0n) is 6.81. The van der Waals surface area contributed by atoms with Crippen molar-refractivity contribution in [3.05, 3.63) is 0 Å². The Morgan fingerprint density at radius 1 is 0.714 bits per heavy atom. The number of hydrogen-bond donors (Lipinski definition) is 6. The van der Waals surface area contributed by atoms with Gasteiger partial charge in [-0.15, -0.1) is 0 Å². The Morgan fingerprint density at radius 3 is 1.07 bits per heavy atom. The van der Waals surface area contributed by atoms with Gasteiger partial charge in [-0.25, -0.2) is 9.59 Å². The third-order valence-electron chi connectivity index (χ3n) is 1.50. The molecular weight excluding hydrogens is 201 g/mol. The van der Waals surface area contributed by atoms with Crippen LogP contribution in [0, 0.1) is 0 Å². The minimum Gasteiger partial charge on any atom is -0.479 e. The highest BCUT2D eigenvalue weighted by atomic mass is 16.5. The monoisotopic (exact) mass is 211 g/mol. The van der Waals surface area contributed by atoms with Crippen LogP contribution >= 0.6 is 0 Å². The lowest BCUT2D eigenvalue weighted by atomic mass is 10.1. The summed E-state index contributed by atoms with van der Waals surface area (Å²) >= 11 is 0. The van der Waals surface area contributed by atoms with Crippen molar-refractivity contribution in [2.45, 2.75) is 24.4 Å². The highest BCUT2D eigenvalue weighted by molar-refractivity contribution is 5.75. The van der Waals surface area contributed by atoms with E-state index in [1.54, 1.807) is 0 Å². The van der Waals surface area contributed by atoms with Crippen LogP contribution in [0.4, 0.5) is 0 Å². The number of aliphatic hydroxyl groups is 4. The standard InChI is InChI=1S/C6H10O8/c7-1(3(9)5(11)12)2(8)4(10)6(13)14/h1-4,7-10H,(H,11,12)(H,13,14)/t1-,2-,3-,4+/m0/s1/i5+1/t1-,2-,3+,4-. The molecule has 0 aliphatic carbocycles. The van der Waals surface area contributed by atoms with Gasteiger partial charge in [0.2, 0.25) is 0 Å². The van der Waals surface area contributed by atoms with Crippen LogP contribution in [0.1, 0.15) is 0 Å². The summed E-state index contributed by atoms with van der Waals surface area (Å²) in [5.41, 5.74) is 0. The number of hydrogen-bond acceptors (Lipinski definition) is 6. The van der Waals surface area contributed by atoms with E-state index in [2.05, 4.69) is 0 Å². The molecule has 0 aliphatic rings. The Labute approximate surface area is 77.7 Å². The molecule has 0 spiro atoms. The summed E-state index contributed by atoms with van der Waals surface area (Å²) < 4.78 is 0. The quantitative estimate of drug-likeness (QED) is 0.257. The van der Waals surface area contributed by atoms with Crippen molar-refractivity contribution < 1.29 is 40.2 Å². The van der Waals surface area contributed by atoms with Crippen molar-refractivity contribution in [3.8, 4) is 0 Å². The molecule has 8 nitrogen and oxygen atoms in total. The van der Waals surface area contributed by atoms with Gasteiger partial charge in [0.1, 0.15) is 12.2 Å². The lowest BCUT2D eigenvalue weighted by Gasteiger charge is -2.21. The van der Waals surface area contributed by atoms with Gasteiger partial charge in [-0.2, -0.15) is 0 Å². The molecule has 0 aromatic carbocycles. The van der Waals surface area contributed by atoms with E-state index in [0.29, 0.717) is 0 Å². The average Bonchev–Trinajstić information content (AvgIpc) is 2.12. The number of carboxylic acids is 2. The van der Waals surface area contributed by atoms with Gasteiger partial charge in [0.05, 0.1) is 0 Å². The third-order valence-corrected chi connectivity index (χ3v) is 1.50. The molecule has 0 bridgehead atoms. The summed E-state index contributed by atoms with van der Waals surface area (Å²) in [5, 5.41) is 51.5. The number of rotatable bonds is 5. The number of carbonyl (C=O) groups is 2. The maximum atomic E-state index is 10.1. The molecule has 82 valence electrons. The first-order chi connectivity index (χ1) is 6.29. The van der Waals surface area contributed by atoms with Crippen LogP contribution in [0.3, 0.4) is 0 Å². The fraction of sp³-hybridized carbons (Fsp3) is 0.667. The molecule has 0 amide bonds. The van der Waals surface area contributed by atoms with E-state index in [0.717, 1.165) is 0 Å². The summed E-state index contributed by atoms with van der Waals surface area (Å²) in [7, 11) is 0. The second kappa shape index (κ2) is 4.86. The van der Waals surface area contributed by atoms with E-state index in [4.69, 9.17) is 30.6 Å². The largest absolute Gasteiger partial charge is 0.479 e. The number of aliphatic carboxylic acids is 2. The second-order valence-corrected chi connectivity index (χ2v) is 2.55. The average molecular weight is 211 g/mol. The smallest absolute Gasteiger partial charge is 0.335 e. The molecule has 0 saturated heterocycles. The van der Waals surface area contributed by atoms with Crippen LogP contribution in [0.15, 0.2) is 0 Å². The summed E-state index contributed by atoms with van der Waals surface area (Å²) in [5.74, 6) is -3.68. The van der Waals surface area contributed by atoms with E-state index >= 15 is 0 Å². The van der Waals surface area contributed by atoms with Gasteiger partial charge >= 0.3 is 11.9 Å². The number of aliphatic hydroxyl groups excluding tert-OH is 4. The van der Waals surface area contributed by atoms with Crippen LogP contribution < -0.4 is 0 Å². The zero-order chi connectivity index (χ0) is 11.5. The molecule has 0 rings (SSSR count). The summed E-state index contributed by atoms with van der Waals surface area (Å²) in [4.78, 5) is 20.2. The maximum absolute atomic E-state index is 10.1. The van der Waals surface area contributed by atoms with Crippen molar-refractivity contribution in [2.24, 2.45) is 0 Å². The van der Waals surface area contributed by atoms with E-state index in [-0.39, 0.29) is 0 Å². The van der Waals surface area contributed by atoms with Gasteiger partial charge < -0.3 is 30.6 Å². The van der Waals surface area contributed by atoms with Gasteiger partial charge in [0, 0.05) is 0 Å². The molecule has 8 heteroatoms. The van der Waals surface area contributed by atoms with Crippen LogP contribution in [0.2, 0.25) is 0 Å². The molecule has 6 N–H and O–H groups in total. The SMILES string of the molecule is O=C(O)[C@@H](O)[C@@H](O)[C@H](O)[C@@H](O)[13C](=O)O. The van der Waals surface area contributed by atoms with Gasteiger partial charge in [-0.1, -0.05) is 0 Å². The van der Waals surface area contributed by atoms with Gasteiger partial charge in [0.15, 0.2) is 12.2 Å². The Hall–Kier alpha value is -1.22. The summed E-state index contributed by atoms with van der Waals surface area (Å²) in [6.07, 6.45) is -9.28. The van der Waals surface area contributed by atoms with Crippen LogP contribution in [0.25, 0.3) is 0 Å². The molecule has 0 radical (unpaired) electrons. The molecule has 0 fully saturated rings. The minimum absolute atomic E-state index is 1.84. The highest BCUT2D eigenvalue weighted by Crippen LogP contribution is 2.05. The van der Waals surface area contributed by atoms with Gasteiger partial charge in [-0.05, 0) is 0 Å². The minimum atomic E-state index is -2.36. The molecule has 0 unspecified atom stereocenters. The molecule has 0 aliphatic heterocycles. The topological polar surface area (TPSA) is 156 Å². The molecule has 0 heterocycles. The lowest BCUT2D eigenvalue weighted by Crippen LogP contribution is -2.49. The van der Waals surface area contributed by atoms with Crippen molar-refractivity contribution in [3.63, 3.8) is 0 Å². The fourth-order valence-electron chi connectivity index (χ4n) is 0.666. The highest BCUT2D eigenvalue weighted by Gasteiger charge is 2.37.